The van der Waals surface area contributed by atoms with Gasteiger partial charge in [0, 0.05) is 15.8 Å². The van der Waals surface area contributed by atoms with Gasteiger partial charge in [-0.15, -0.1) is 0 Å². The summed E-state index contributed by atoms with van der Waals surface area (Å²) in [5.74, 6) is 1.27. The van der Waals surface area contributed by atoms with Crippen molar-refractivity contribution in [2.24, 2.45) is 0 Å². The van der Waals surface area contributed by atoms with Crippen molar-refractivity contribution in [3.63, 3.8) is 0 Å². The van der Waals surface area contributed by atoms with Crippen LogP contribution in [0.25, 0.3) is 0 Å². The van der Waals surface area contributed by atoms with Crippen LogP contribution in [0, 0.1) is 10.7 Å². The molecule has 0 bridgehead atoms. The quantitative estimate of drug-likeness (QED) is 0.551. The Morgan fingerprint density at radius 2 is 1.94 bits per heavy atom. The zero-order valence-electron chi connectivity index (χ0n) is 9.04. The maximum atomic E-state index is 8.48. The number of nitrogens with zero attached hydrogens (tertiary/aromatic N) is 1. The smallest absolute Gasteiger partial charge is 0.133 e. The molecular weight excluding hydrogens is 261 g/mol. The first-order valence-electron chi connectivity index (χ1n) is 5.14. The average Bonchev–Trinajstić information content (AvgIpc) is 2.23. The van der Waals surface area contributed by atoms with Crippen LogP contribution in [-0.4, -0.2) is 5.75 Å². The van der Waals surface area contributed by atoms with E-state index in [9.17, 15) is 0 Å². The summed E-state index contributed by atoms with van der Waals surface area (Å²) in [6.07, 6.45) is 2.01. The Bertz CT molecular complexity index is 367. The molecular formula is C12H13Cl2NS. The van der Waals surface area contributed by atoms with E-state index in [1.54, 1.807) is 6.07 Å². The van der Waals surface area contributed by atoms with Gasteiger partial charge in [0.1, 0.15) is 5.40 Å². The Balaban J connectivity index is 2.74. The molecule has 0 aromatic heterocycles. The summed E-state index contributed by atoms with van der Waals surface area (Å²) < 4.78 is 0. The fraction of sp³-hybridized carbons (Fsp3) is 0.417. The Kier molecular flexibility index (Phi) is 6.05. The molecule has 0 radical (unpaired) electrons. The Labute approximate surface area is 111 Å². The molecule has 0 saturated heterocycles. The Morgan fingerprint density at radius 1 is 1.31 bits per heavy atom. The molecule has 0 amide bonds. The number of rotatable bonds is 5. The second-order valence-electron chi connectivity index (χ2n) is 3.54. The summed E-state index contributed by atoms with van der Waals surface area (Å²) >= 11 is 13.2. The standard InChI is InChI=1S/C12H13Cl2NS/c1-2-9(3-4-16-8-15)10-5-11(13)7-12(14)6-10/h5-7,9H,2-4H2,1H3. The molecule has 0 N–H and O–H groups in total. The number of hydrogen-bond donors (Lipinski definition) is 0. The predicted molar refractivity (Wildman–Crippen MR) is 72.2 cm³/mol. The second kappa shape index (κ2) is 7.06. The Morgan fingerprint density at radius 3 is 2.44 bits per heavy atom. The van der Waals surface area contributed by atoms with Crippen molar-refractivity contribution in [3.8, 4) is 5.40 Å². The minimum Gasteiger partial charge on any atom is -0.185 e. The van der Waals surface area contributed by atoms with Crippen LogP contribution in [0.3, 0.4) is 0 Å². The minimum absolute atomic E-state index is 0.428. The van der Waals surface area contributed by atoms with Crippen LogP contribution < -0.4 is 0 Å². The van der Waals surface area contributed by atoms with Crippen LogP contribution in [0.2, 0.25) is 10.0 Å². The molecule has 4 heteroatoms. The van der Waals surface area contributed by atoms with Crippen LogP contribution >= 0.6 is 35.0 Å². The van der Waals surface area contributed by atoms with Crippen LogP contribution in [-0.2, 0) is 0 Å². The third kappa shape index (κ3) is 4.25. The maximum absolute atomic E-state index is 8.48. The fourth-order valence-corrected chi connectivity index (χ4v) is 2.70. The Hall–Kier alpha value is -0.360. The third-order valence-corrected chi connectivity index (χ3v) is 3.49. The molecule has 0 spiro atoms. The van der Waals surface area contributed by atoms with Crippen molar-refractivity contribution in [1.82, 2.24) is 0 Å². The van der Waals surface area contributed by atoms with Gasteiger partial charge in [0.15, 0.2) is 0 Å². The van der Waals surface area contributed by atoms with Crippen molar-refractivity contribution < 1.29 is 0 Å². The lowest BCUT2D eigenvalue weighted by molar-refractivity contribution is 0.647. The maximum Gasteiger partial charge on any atom is 0.133 e. The molecule has 1 aromatic rings. The van der Waals surface area contributed by atoms with E-state index in [2.05, 4.69) is 12.3 Å². The van der Waals surface area contributed by atoms with Gasteiger partial charge < -0.3 is 0 Å². The largest absolute Gasteiger partial charge is 0.185 e. The van der Waals surface area contributed by atoms with Gasteiger partial charge in [-0.1, -0.05) is 30.1 Å². The van der Waals surface area contributed by atoms with E-state index in [0.717, 1.165) is 18.6 Å². The SMILES string of the molecule is CCC(CCSC#N)c1cc(Cl)cc(Cl)c1. The van der Waals surface area contributed by atoms with Gasteiger partial charge in [0.05, 0.1) is 0 Å². The van der Waals surface area contributed by atoms with E-state index in [1.807, 2.05) is 12.1 Å². The van der Waals surface area contributed by atoms with Gasteiger partial charge >= 0.3 is 0 Å². The summed E-state index contributed by atoms with van der Waals surface area (Å²) in [6, 6.07) is 5.65. The molecule has 0 fully saturated rings. The lowest BCUT2D eigenvalue weighted by Gasteiger charge is -2.15. The lowest BCUT2D eigenvalue weighted by atomic mass is 9.94. The first kappa shape index (κ1) is 13.7. The number of hydrogen-bond acceptors (Lipinski definition) is 2. The highest BCUT2D eigenvalue weighted by Crippen LogP contribution is 2.29. The zero-order chi connectivity index (χ0) is 12.0. The summed E-state index contributed by atoms with van der Waals surface area (Å²) in [5.41, 5.74) is 1.17. The van der Waals surface area contributed by atoms with Crippen molar-refractivity contribution in [3.05, 3.63) is 33.8 Å². The topological polar surface area (TPSA) is 23.8 Å². The van der Waals surface area contributed by atoms with Gasteiger partial charge in [-0.2, -0.15) is 5.26 Å². The molecule has 1 nitrogen and oxygen atoms in total. The molecule has 0 saturated carbocycles. The van der Waals surface area contributed by atoms with Crippen LogP contribution in [0.1, 0.15) is 31.2 Å². The number of thiocyanates is 1. The van der Waals surface area contributed by atoms with E-state index < -0.39 is 0 Å². The second-order valence-corrected chi connectivity index (χ2v) is 5.29. The summed E-state index contributed by atoms with van der Waals surface area (Å²) in [5, 5.41) is 11.9. The third-order valence-electron chi connectivity index (χ3n) is 2.48. The number of nitriles is 1. The fourth-order valence-electron chi connectivity index (χ4n) is 1.66. The van der Waals surface area contributed by atoms with Gasteiger partial charge in [-0.25, -0.2) is 0 Å². The average molecular weight is 274 g/mol. The summed E-state index contributed by atoms with van der Waals surface area (Å²) in [7, 11) is 0. The van der Waals surface area contributed by atoms with Crippen LogP contribution in [0.15, 0.2) is 18.2 Å². The highest BCUT2D eigenvalue weighted by molar-refractivity contribution is 8.03. The number of halogens is 2. The molecule has 0 heterocycles. The van der Waals surface area contributed by atoms with Gasteiger partial charge in [-0.3, -0.25) is 0 Å². The van der Waals surface area contributed by atoms with Gasteiger partial charge in [-0.05, 0) is 54.3 Å². The monoisotopic (exact) mass is 273 g/mol. The van der Waals surface area contributed by atoms with E-state index >= 15 is 0 Å². The van der Waals surface area contributed by atoms with Crippen molar-refractivity contribution in [1.29, 1.82) is 5.26 Å². The summed E-state index contributed by atoms with van der Waals surface area (Å²) in [6.45, 7) is 2.14. The highest BCUT2D eigenvalue weighted by atomic mass is 35.5. The molecule has 16 heavy (non-hydrogen) atoms. The molecule has 0 aliphatic carbocycles. The van der Waals surface area contributed by atoms with Crippen LogP contribution in [0.4, 0.5) is 0 Å². The molecule has 0 aliphatic heterocycles. The predicted octanol–water partition coefficient (Wildman–Crippen LogP) is 5.09. The van der Waals surface area contributed by atoms with Crippen molar-refractivity contribution >= 4 is 35.0 Å². The molecule has 1 atom stereocenters. The van der Waals surface area contributed by atoms with Gasteiger partial charge in [0.2, 0.25) is 0 Å². The first-order chi connectivity index (χ1) is 7.67. The van der Waals surface area contributed by atoms with E-state index in [0.29, 0.717) is 16.0 Å². The van der Waals surface area contributed by atoms with E-state index in [1.165, 1.54) is 17.3 Å². The molecule has 86 valence electrons. The van der Waals surface area contributed by atoms with Crippen LogP contribution in [0.5, 0.6) is 0 Å². The lowest BCUT2D eigenvalue weighted by Crippen LogP contribution is -1.99. The highest BCUT2D eigenvalue weighted by Gasteiger charge is 2.10. The molecule has 1 rings (SSSR count). The molecule has 0 aliphatic rings. The minimum atomic E-state index is 0.428. The van der Waals surface area contributed by atoms with E-state index in [4.69, 9.17) is 28.5 Å². The van der Waals surface area contributed by atoms with Crippen molar-refractivity contribution in [2.45, 2.75) is 25.7 Å². The zero-order valence-corrected chi connectivity index (χ0v) is 11.4. The first-order valence-corrected chi connectivity index (χ1v) is 6.88. The van der Waals surface area contributed by atoms with Crippen molar-refractivity contribution in [2.75, 3.05) is 5.75 Å². The number of benzene rings is 1. The summed E-state index contributed by atoms with van der Waals surface area (Å²) in [4.78, 5) is 0. The molecule has 1 unspecified atom stereocenters. The molecule has 1 aromatic carbocycles. The normalized spacial score (nSPS) is 12.1. The van der Waals surface area contributed by atoms with Gasteiger partial charge in [0.25, 0.3) is 0 Å². The number of thioether (sulfide) groups is 1. The van der Waals surface area contributed by atoms with E-state index in [-0.39, 0.29) is 0 Å².